The minimum absolute atomic E-state index is 0.00714. The normalized spacial score (nSPS) is 10.7. The van der Waals surface area contributed by atoms with Gasteiger partial charge in [0.05, 0.1) is 0 Å². The van der Waals surface area contributed by atoms with Gasteiger partial charge in [0.15, 0.2) is 22.8 Å². The van der Waals surface area contributed by atoms with Gasteiger partial charge in [0, 0.05) is 68.2 Å². The molecule has 0 aliphatic carbocycles. The Hall–Kier alpha value is -21.4. The Balaban J connectivity index is 0.000000138. The molecule has 0 saturated heterocycles. The van der Waals surface area contributed by atoms with Gasteiger partial charge in [0.25, 0.3) is 0 Å². The van der Waals surface area contributed by atoms with Crippen LogP contribution in [0.2, 0.25) is 0 Å². The molecule has 0 unspecified atom stereocenters. The van der Waals surface area contributed by atoms with Gasteiger partial charge in [-0.3, -0.25) is 0 Å². The van der Waals surface area contributed by atoms with Crippen LogP contribution in [0.25, 0.3) is 143 Å². The minimum atomic E-state index is -0.303. The van der Waals surface area contributed by atoms with E-state index in [1.54, 1.807) is 24.3 Å². The molecule has 23 aromatic rings. The SMILES string of the molecule is [C-]#[N+]c1nc2c(nc1C#N)c1nc(C#N)c(C#N)nc1c1nc(C#N)c([N+]#[C-])nc12.c1ccc(-c2ccc(N(c3ccc(-c4ccccc4)cc3)c3ccc(-c4ccc(N(c5ccc(-c6ccccc6)cc5)c5ccc(-c6ccccc6)cc5)cc4)cc3)cc2)cc1.c1ccc(-c2ccc(N(c3ccccc3)c3cccc(-c4ccc(-c5cccc(N(c6ccccc6)c6ccc(-c7ccccc7)cc6)c5)cc4)c3)cc2)cc1. The fourth-order valence-electron chi connectivity index (χ4n) is 18.4. The molecule has 23 rings (SSSR count). The van der Waals surface area contributed by atoms with Gasteiger partial charge in [-0.1, -0.05) is 377 Å². The number of benzene rings is 20. The Kier molecular flexibility index (Phi) is 27.1. The van der Waals surface area contributed by atoms with Crippen molar-refractivity contribution in [2.45, 2.75) is 0 Å². The molecule has 0 bridgehead atoms. The van der Waals surface area contributed by atoms with Crippen LogP contribution in [0.3, 0.4) is 0 Å². The van der Waals surface area contributed by atoms with E-state index in [1.165, 1.54) is 89.0 Å². The van der Waals surface area contributed by atoms with Crippen LogP contribution in [0.15, 0.2) is 510 Å². The van der Waals surface area contributed by atoms with Crippen molar-refractivity contribution in [1.29, 1.82) is 21.0 Å². The summed E-state index contributed by atoms with van der Waals surface area (Å²) in [7, 11) is 0. The second-order valence-corrected chi connectivity index (χ2v) is 34.7. The van der Waals surface area contributed by atoms with E-state index in [0.717, 1.165) is 79.4 Å². The quantitative estimate of drug-likeness (QED) is 0.0487. The van der Waals surface area contributed by atoms with E-state index in [0.29, 0.717) is 0 Å². The molecule has 0 N–H and O–H groups in total. The number of anilines is 12. The van der Waals surface area contributed by atoms with Crippen LogP contribution in [-0.4, -0.2) is 29.9 Å². The molecule has 0 atom stereocenters. The average Bonchev–Trinajstić information content (AvgIpc) is 0.722. The summed E-state index contributed by atoms with van der Waals surface area (Å²) >= 11 is 0. The number of hydrogen-bond acceptors (Lipinski definition) is 14. The number of rotatable bonds is 21. The molecular formula is C132H84N16. The fourth-order valence-corrected chi connectivity index (χ4v) is 18.4. The molecule has 0 aliphatic heterocycles. The van der Waals surface area contributed by atoms with E-state index in [2.05, 4.69) is 569 Å². The standard InChI is InChI=1S/C60H44N2.C54H40N2.C18N12/c1-5-13-45(14-6-1)49-21-33-55(34-22-49)61(56-35-23-50(24-36-56)46-15-7-2-8-16-46)59-41-29-53(30-42-59)54-31-43-60(44-32-54)62(57-37-25-51(26-38-57)47-17-9-3-10-18-47)58-39-27-52(28-40-58)48-19-11-4-12-20-48;1-5-15-41(16-6-1)43-31-35-51(36-32-43)55(49-21-9-3-10-22-49)53-25-13-19-47(39-53)45-27-29-46(30-28-45)48-20-14-26-54(40-48)56(50-23-11-4-12-24-50)52-37-33-44(34-38-52)42-17-7-2-8-18-42;1-23-17-9(5-21)27-13-11-12(26-8(4-20)7(3-19)25-11)14-16(15(13)29-17)30-18(24-2)10(6-22)28-14/h1-44H;1-40H;. The average molecular weight is 1890 g/mol. The molecule has 148 heavy (non-hydrogen) atoms. The predicted octanol–water partition coefficient (Wildman–Crippen LogP) is 34.4. The molecule has 16 heteroatoms. The first-order valence-corrected chi connectivity index (χ1v) is 48.0. The monoisotopic (exact) mass is 1890 g/mol. The third kappa shape index (κ3) is 20.0. The van der Waals surface area contributed by atoms with Gasteiger partial charge in [0.1, 0.15) is 46.3 Å². The number of nitrogens with zero attached hydrogens (tertiary/aromatic N) is 16. The Morgan fingerprint density at radius 2 is 0.291 bits per heavy atom. The van der Waals surface area contributed by atoms with E-state index >= 15 is 0 Å². The Bertz CT molecular complexity index is 8060. The lowest BCUT2D eigenvalue weighted by atomic mass is 9.99. The highest BCUT2D eigenvalue weighted by atomic mass is 15.2. The van der Waals surface area contributed by atoms with Crippen LogP contribution in [-0.2, 0) is 0 Å². The summed E-state index contributed by atoms with van der Waals surface area (Å²) in [4.78, 5) is 40.4. The van der Waals surface area contributed by atoms with Gasteiger partial charge in [0.2, 0.25) is 11.0 Å². The van der Waals surface area contributed by atoms with Crippen molar-refractivity contribution in [2.24, 2.45) is 0 Å². The number of nitriles is 4. The Morgan fingerprint density at radius 3 is 0.486 bits per heavy atom. The van der Waals surface area contributed by atoms with Crippen molar-refractivity contribution in [3.05, 3.63) is 555 Å². The zero-order valence-electron chi connectivity index (χ0n) is 79.7. The van der Waals surface area contributed by atoms with E-state index in [-0.39, 0.29) is 67.5 Å². The van der Waals surface area contributed by atoms with Crippen molar-refractivity contribution in [1.82, 2.24) is 29.9 Å². The summed E-state index contributed by atoms with van der Waals surface area (Å²) in [6.07, 6.45) is 0. The van der Waals surface area contributed by atoms with E-state index < -0.39 is 0 Å². The maximum atomic E-state index is 9.30. The molecule has 0 radical (unpaired) electrons. The van der Waals surface area contributed by atoms with Crippen LogP contribution in [0.4, 0.5) is 79.9 Å². The molecule has 0 fully saturated rings. The van der Waals surface area contributed by atoms with Crippen LogP contribution in [0, 0.1) is 58.5 Å². The summed E-state index contributed by atoms with van der Waals surface area (Å²) in [5.41, 5.74) is 33.5. The highest BCUT2D eigenvalue weighted by Crippen LogP contribution is 2.46. The van der Waals surface area contributed by atoms with Crippen LogP contribution in [0.1, 0.15) is 22.8 Å². The Morgan fingerprint density at radius 1 is 0.149 bits per heavy atom. The molecule has 20 aromatic carbocycles. The molecular weight excluding hydrogens is 1810 g/mol. The number of aromatic nitrogens is 6. The molecule has 0 amide bonds. The third-order valence-corrected chi connectivity index (χ3v) is 25.7. The maximum Gasteiger partial charge on any atom is 0.307 e. The van der Waals surface area contributed by atoms with Crippen molar-refractivity contribution >= 4 is 113 Å². The Labute approximate surface area is 857 Å². The summed E-state index contributed by atoms with van der Waals surface area (Å²) < 4.78 is 0. The van der Waals surface area contributed by atoms with E-state index in [4.69, 9.17) is 13.1 Å². The molecule has 16 nitrogen and oxygen atoms in total. The van der Waals surface area contributed by atoms with Gasteiger partial charge < -0.3 is 29.3 Å². The van der Waals surface area contributed by atoms with Crippen LogP contribution in [0.5, 0.6) is 0 Å². The molecule has 0 saturated carbocycles. The number of para-hydroxylation sites is 2. The highest BCUT2D eigenvalue weighted by molar-refractivity contribution is 6.19. The van der Waals surface area contributed by atoms with Crippen molar-refractivity contribution < 1.29 is 0 Å². The smallest absolute Gasteiger partial charge is 0.307 e. The first kappa shape index (κ1) is 92.9. The van der Waals surface area contributed by atoms with Crippen LogP contribution >= 0.6 is 0 Å². The molecule has 0 spiro atoms. The summed E-state index contributed by atoms with van der Waals surface area (Å²) in [5, 5.41) is 37.2. The van der Waals surface area contributed by atoms with E-state index in [1.807, 2.05) is 0 Å². The topological polar surface area (TPSA) is 194 Å². The predicted molar refractivity (Wildman–Crippen MR) is 598 cm³/mol. The van der Waals surface area contributed by atoms with Crippen LogP contribution < -0.4 is 19.6 Å². The number of hydrogen-bond donors (Lipinski definition) is 0. The second-order valence-electron chi connectivity index (χ2n) is 34.7. The lowest BCUT2D eigenvalue weighted by Gasteiger charge is -2.27. The largest absolute Gasteiger partial charge is 0.358 e. The lowest BCUT2D eigenvalue weighted by molar-refractivity contribution is 1.18. The summed E-state index contributed by atoms with van der Waals surface area (Å²) in [5.74, 6) is -0.605. The summed E-state index contributed by atoms with van der Waals surface area (Å²) in [6, 6.07) is 189. The second kappa shape index (κ2) is 43.1. The lowest BCUT2D eigenvalue weighted by Crippen LogP contribution is -2.10. The van der Waals surface area contributed by atoms with Gasteiger partial charge in [-0.15, -0.1) is 9.97 Å². The zero-order chi connectivity index (χ0) is 100. The maximum absolute atomic E-state index is 9.30. The number of fused-ring (bicyclic) bond motifs is 6. The first-order chi connectivity index (χ1) is 73.1. The molecule has 0 aliphatic rings. The van der Waals surface area contributed by atoms with Gasteiger partial charge >= 0.3 is 11.6 Å². The van der Waals surface area contributed by atoms with Crippen molar-refractivity contribution in [2.75, 3.05) is 19.6 Å². The third-order valence-electron chi connectivity index (χ3n) is 25.7. The summed E-state index contributed by atoms with van der Waals surface area (Å²) in [6.45, 7) is 14.5. The van der Waals surface area contributed by atoms with Crippen molar-refractivity contribution in [3.8, 4) is 124 Å². The van der Waals surface area contributed by atoms with Gasteiger partial charge in [-0.25, -0.2) is 19.9 Å². The first-order valence-electron chi connectivity index (χ1n) is 48.0. The van der Waals surface area contributed by atoms with Gasteiger partial charge in [-0.05, 0) is 246 Å². The minimum Gasteiger partial charge on any atom is -0.358 e. The molecule has 3 aromatic heterocycles. The zero-order valence-corrected chi connectivity index (χ0v) is 79.7. The fraction of sp³-hybridized carbons (Fsp3) is 0. The molecule has 3 heterocycles. The van der Waals surface area contributed by atoms with Gasteiger partial charge in [-0.2, -0.15) is 21.0 Å². The van der Waals surface area contributed by atoms with Crippen molar-refractivity contribution in [3.63, 3.8) is 0 Å². The highest BCUT2D eigenvalue weighted by Gasteiger charge is 2.28. The molecule has 692 valence electrons. The van der Waals surface area contributed by atoms with E-state index in [9.17, 15) is 21.0 Å².